The summed E-state index contributed by atoms with van der Waals surface area (Å²) in [5.41, 5.74) is 0.696. The second kappa shape index (κ2) is 7.94. The first kappa shape index (κ1) is 18.0. The van der Waals surface area contributed by atoms with Crippen LogP contribution in [0.15, 0.2) is 36.5 Å². The van der Waals surface area contributed by atoms with Gasteiger partial charge in [-0.3, -0.25) is 4.79 Å². The second-order valence-corrected chi connectivity index (χ2v) is 5.67. The number of nitrogens with one attached hydrogen (secondary N) is 1. The fourth-order valence-corrected chi connectivity index (χ4v) is 2.56. The first-order chi connectivity index (χ1) is 11.4. The highest BCUT2D eigenvalue weighted by molar-refractivity contribution is 6.35. The Morgan fingerprint density at radius 1 is 1.42 bits per heavy atom. The molecule has 0 aliphatic heterocycles. The van der Waals surface area contributed by atoms with Gasteiger partial charge in [0.1, 0.15) is 6.20 Å². The van der Waals surface area contributed by atoms with E-state index in [1.807, 2.05) is 0 Å². The maximum Gasteiger partial charge on any atom is 0.406 e. The molecule has 0 fully saturated rings. The van der Waals surface area contributed by atoms with Crippen molar-refractivity contribution in [2.75, 3.05) is 6.61 Å². The van der Waals surface area contributed by atoms with Crippen LogP contribution in [0.1, 0.15) is 18.5 Å². The summed E-state index contributed by atoms with van der Waals surface area (Å²) in [7, 11) is 0. The Hall–Kier alpha value is -2.38. The lowest BCUT2D eigenvalue weighted by Crippen LogP contribution is -2.31. The minimum atomic E-state index is -0.677. The van der Waals surface area contributed by atoms with Crippen LogP contribution in [0.25, 0.3) is 0 Å². The van der Waals surface area contributed by atoms with Gasteiger partial charge in [-0.25, -0.2) is 0 Å². The molecule has 1 amide bonds. The van der Waals surface area contributed by atoms with Crippen molar-refractivity contribution in [1.29, 1.82) is 0 Å². The number of nitrogens with zero attached hydrogens (tertiary/aromatic N) is 2. The Morgan fingerprint density at radius 2 is 2.17 bits per heavy atom. The number of rotatable bonds is 6. The zero-order valence-corrected chi connectivity index (χ0v) is 14.0. The van der Waals surface area contributed by atoms with E-state index < -0.39 is 16.6 Å². The number of amides is 1. The summed E-state index contributed by atoms with van der Waals surface area (Å²) in [4.78, 5) is 25.7. The molecule has 0 aliphatic carbocycles. The summed E-state index contributed by atoms with van der Waals surface area (Å²) in [6.45, 7) is 1.36. The molecule has 2 rings (SSSR count). The molecule has 0 unspecified atom stereocenters. The Morgan fingerprint density at radius 3 is 2.83 bits per heavy atom. The van der Waals surface area contributed by atoms with Crippen LogP contribution >= 0.6 is 23.2 Å². The molecule has 1 N–H and O–H groups in total. The third-order valence-corrected chi connectivity index (χ3v) is 3.65. The van der Waals surface area contributed by atoms with E-state index >= 15 is 0 Å². The van der Waals surface area contributed by atoms with Gasteiger partial charge in [-0.05, 0) is 46.7 Å². The van der Waals surface area contributed by atoms with Gasteiger partial charge in [0.25, 0.3) is 5.91 Å². The number of aromatic nitrogens is 1. The highest BCUT2D eigenvalue weighted by Crippen LogP contribution is 2.26. The molecule has 0 spiro atoms. The molecule has 1 heterocycles. The fraction of sp³-hybridized carbons (Fsp3) is 0.200. The number of ether oxygens (including phenoxy) is 1. The highest BCUT2D eigenvalue weighted by atomic mass is 35.5. The van der Waals surface area contributed by atoms with Gasteiger partial charge in [0, 0.05) is 10.0 Å². The number of pyridine rings is 1. The third-order valence-electron chi connectivity index (χ3n) is 3.09. The van der Waals surface area contributed by atoms with Crippen LogP contribution in [-0.2, 0) is 4.79 Å². The van der Waals surface area contributed by atoms with Gasteiger partial charge in [0.2, 0.25) is 5.75 Å². The van der Waals surface area contributed by atoms with Gasteiger partial charge in [0.05, 0.1) is 6.04 Å². The Balaban J connectivity index is 1.97. The molecular formula is C15H13Cl2N3O4. The molecule has 0 bridgehead atoms. The van der Waals surface area contributed by atoms with Crippen molar-refractivity contribution in [2.24, 2.45) is 0 Å². The molecule has 2 aromatic rings. The summed E-state index contributed by atoms with van der Waals surface area (Å²) in [6.07, 6.45) is 1.27. The molecule has 9 heteroatoms. The molecule has 7 nitrogen and oxygen atoms in total. The predicted molar refractivity (Wildman–Crippen MR) is 89.4 cm³/mol. The van der Waals surface area contributed by atoms with Gasteiger partial charge in [-0.15, -0.1) is 0 Å². The van der Waals surface area contributed by atoms with E-state index in [9.17, 15) is 14.9 Å². The van der Waals surface area contributed by atoms with E-state index in [2.05, 4.69) is 10.3 Å². The smallest absolute Gasteiger partial charge is 0.406 e. The summed E-state index contributed by atoms with van der Waals surface area (Å²) in [6, 6.07) is 7.43. The van der Waals surface area contributed by atoms with Gasteiger partial charge in [-0.1, -0.05) is 29.3 Å². The van der Waals surface area contributed by atoms with Crippen LogP contribution in [0.5, 0.6) is 5.75 Å². The molecule has 24 heavy (non-hydrogen) atoms. The number of halogens is 2. The minimum Gasteiger partial charge on any atom is -0.476 e. The summed E-state index contributed by atoms with van der Waals surface area (Å²) in [5, 5.41) is 14.4. The van der Waals surface area contributed by atoms with E-state index in [0.29, 0.717) is 15.6 Å². The molecule has 0 saturated heterocycles. The molecule has 1 aromatic carbocycles. The van der Waals surface area contributed by atoms with Gasteiger partial charge >= 0.3 is 5.82 Å². The lowest BCUT2D eigenvalue weighted by molar-refractivity contribution is -0.390. The van der Waals surface area contributed by atoms with Gasteiger partial charge in [-0.2, -0.15) is 0 Å². The third kappa shape index (κ3) is 4.56. The van der Waals surface area contributed by atoms with Crippen molar-refractivity contribution in [3.05, 3.63) is 62.3 Å². The standard InChI is InChI=1S/C15H13Cl2N3O4/c1-9(11-5-4-10(16)7-12(11)17)19-14(21)8-24-13-3-2-6-18-15(13)20(22)23/h2-7,9H,8H2,1H3,(H,19,21)/t9-/m0/s1. The van der Waals surface area contributed by atoms with Crippen LogP contribution < -0.4 is 10.1 Å². The summed E-state index contributed by atoms with van der Waals surface area (Å²) < 4.78 is 5.18. The molecule has 0 saturated carbocycles. The van der Waals surface area contributed by atoms with E-state index in [0.717, 1.165) is 0 Å². The van der Waals surface area contributed by atoms with Crippen molar-refractivity contribution in [3.63, 3.8) is 0 Å². The number of carbonyl (C=O) groups excluding carboxylic acids is 1. The first-order valence-electron chi connectivity index (χ1n) is 6.85. The van der Waals surface area contributed by atoms with E-state index in [4.69, 9.17) is 27.9 Å². The number of carbonyl (C=O) groups is 1. The quantitative estimate of drug-likeness (QED) is 0.620. The maximum atomic E-state index is 12.0. The average molecular weight is 370 g/mol. The van der Waals surface area contributed by atoms with Gasteiger partial charge in [0.15, 0.2) is 6.61 Å². The van der Waals surface area contributed by atoms with E-state index in [1.165, 1.54) is 18.3 Å². The zero-order chi connectivity index (χ0) is 17.7. The summed E-state index contributed by atoms with van der Waals surface area (Å²) in [5.74, 6) is -0.972. The van der Waals surface area contributed by atoms with E-state index in [-0.39, 0.29) is 18.4 Å². The number of hydrogen-bond donors (Lipinski definition) is 1. The minimum absolute atomic E-state index is 0.0742. The average Bonchev–Trinajstić information content (AvgIpc) is 2.52. The SMILES string of the molecule is C[C@H](NC(=O)COc1cccnc1[N+](=O)[O-])c1ccc(Cl)cc1Cl. The molecule has 1 aromatic heterocycles. The molecular weight excluding hydrogens is 357 g/mol. The van der Waals surface area contributed by atoms with Crippen LogP contribution in [0.4, 0.5) is 5.82 Å². The molecule has 126 valence electrons. The molecule has 0 radical (unpaired) electrons. The second-order valence-electron chi connectivity index (χ2n) is 4.83. The zero-order valence-electron chi connectivity index (χ0n) is 12.5. The van der Waals surface area contributed by atoms with Crippen molar-refractivity contribution in [2.45, 2.75) is 13.0 Å². The lowest BCUT2D eigenvalue weighted by Gasteiger charge is -2.16. The van der Waals surface area contributed by atoms with Gasteiger partial charge < -0.3 is 20.2 Å². The Kier molecular flexibility index (Phi) is 5.94. The van der Waals surface area contributed by atoms with Crippen LogP contribution in [0, 0.1) is 10.1 Å². The highest BCUT2D eigenvalue weighted by Gasteiger charge is 2.18. The monoisotopic (exact) mass is 369 g/mol. The van der Waals surface area contributed by atoms with Crippen LogP contribution in [-0.4, -0.2) is 22.4 Å². The van der Waals surface area contributed by atoms with Crippen molar-refractivity contribution in [3.8, 4) is 5.75 Å². The Labute approximate surface area is 147 Å². The lowest BCUT2D eigenvalue weighted by atomic mass is 10.1. The number of nitro groups is 1. The Bertz CT molecular complexity index is 770. The predicted octanol–water partition coefficient (Wildman–Crippen LogP) is 3.55. The molecule has 0 aliphatic rings. The fourth-order valence-electron chi connectivity index (χ4n) is 1.99. The topological polar surface area (TPSA) is 94.4 Å². The van der Waals surface area contributed by atoms with Crippen LogP contribution in [0.3, 0.4) is 0 Å². The van der Waals surface area contributed by atoms with Crippen molar-refractivity contribution in [1.82, 2.24) is 10.3 Å². The number of benzene rings is 1. The van der Waals surface area contributed by atoms with Crippen molar-refractivity contribution < 1.29 is 14.5 Å². The first-order valence-corrected chi connectivity index (χ1v) is 7.60. The maximum absolute atomic E-state index is 12.0. The largest absolute Gasteiger partial charge is 0.476 e. The normalized spacial score (nSPS) is 11.6. The van der Waals surface area contributed by atoms with Crippen LogP contribution in [0.2, 0.25) is 10.0 Å². The number of hydrogen-bond acceptors (Lipinski definition) is 5. The molecule has 1 atom stereocenters. The summed E-state index contributed by atoms with van der Waals surface area (Å²) >= 11 is 11.9. The van der Waals surface area contributed by atoms with E-state index in [1.54, 1.807) is 25.1 Å². The van der Waals surface area contributed by atoms with Crippen molar-refractivity contribution >= 4 is 34.9 Å².